The van der Waals surface area contributed by atoms with E-state index in [2.05, 4.69) is 10.3 Å². The molecule has 1 aromatic carbocycles. The minimum absolute atomic E-state index is 0.0646. The lowest BCUT2D eigenvalue weighted by atomic mass is 10.2. The number of non-ortho nitro benzene ring substituents is 1. The molecule has 0 aliphatic carbocycles. The van der Waals surface area contributed by atoms with Crippen molar-refractivity contribution in [2.75, 3.05) is 14.1 Å². The van der Waals surface area contributed by atoms with Crippen molar-refractivity contribution in [2.45, 2.75) is 13.5 Å². The summed E-state index contributed by atoms with van der Waals surface area (Å²) in [5.74, 6) is 0. The lowest BCUT2D eigenvalue weighted by Crippen LogP contribution is -2.15. The Balaban J connectivity index is 2.38. The van der Waals surface area contributed by atoms with Crippen LogP contribution in [0.25, 0.3) is 5.69 Å². The minimum Gasteiger partial charge on any atom is -0.304 e. The first kappa shape index (κ1) is 13.2. The summed E-state index contributed by atoms with van der Waals surface area (Å²) < 4.78 is 1.71. The Kier molecular flexibility index (Phi) is 3.57. The molecule has 1 aromatic heterocycles. The molecule has 100 valence electrons. The average molecular weight is 261 g/mol. The highest BCUT2D eigenvalue weighted by molar-refractivity contribution is 5.41. The van der Waals surface area contributed by atoms with Gasteiger partial charge in [-0.2, -0.15) is 0 Å². The first-order valence-electron chi connectivity index (χ1n) is 5.80. The van der Waals surface area contributed by atoms with E-state index in [1.165, 1.54) is 12.1 Å². The molecule has 0 saturated heterocycles. The Morgan fingerprint density at radius 1 is 1.32 bits per heavy atom. The fourth-order valence-electron chi connectivity index (χ4n) is 1.78. The highest BCUT2D eigenvalue weighted by Crippen LogP contribution is 2.17. The summed E-state index contributed by atoms with van der Waals surface area (Å²) in [5.41, 5.74) is 2.66. The standard InChI is InChI=1S/C12H15N5O2/c1-9-12(8-15(2)3)16(14-13-9)10-4-6-11(7-5-10)17(18)19/h4-7H,8H2,1-3H3. The van der Waals surface area contributed by atoms with Crippen molar-refractivity contribution in [1.29, 1.82) is 0 Å². The molecular formula is C12H15N5O2. The number of benzene rings is 1. The predicted octanol–water partition coefficient (Wildman–Crippen LogP) is 1.55. The van der Waals surface area contributed by atoms with Crippen molar-refractivity contribution in [3.05, 3.63) is 45.8 Å². The molecule has 1 heterocycles. The van der Waals surface area contributed by atoms with E-state index in [9.17, 15) is 10.1 Å². The van der Waals surface area contributed by atoms with Gasteiger partial charge in [-0.05, 0) is 33.2 Å². The van der Waals surface area contributed by atoms with Gasteiger partial charge in [-0.25, -0.2) is 4.68 Å². The summed E-state index contributed by atoms with van der Waals surface area (Å²) in [4.78, 5) is 12.2. The van der Waals surface area contributed by atoms with Crippen molar-refractivity contribution in [1.82, 2.24) is 19.9 Å². The van der Waals surface area contributed by atoms with Crippen molar-refractivity contribution in [3.63, 3.8) is 0 Å². The summed E-state index contributed by atoms with van der Waals surface area (Å²) in [5, 5.41) is 18.8. The molecule has 0 atom stereocenters. The second-order valence-electron chi connectivity index (χ2n) is 4.54. The van der Waals surface area contributed by atoms with Gasteiger partial charge in [-0.1, -0.05) is 5.21 Å². The van der Waals surface area contributed by atoms with E-state index in [4.69, 9.17) is 0 Å². The zero-order valence-corrected chi connectivity index (χ0v) is 11.1. The van der Waals surface area contributed by atoms with Crippen LogP contribution in [0.5, 0.6) is 0 Å². The van der Waals surface area contributed by atoms with Crippen molar-refractivity contribution in [2.24, 2.45) is 0 Å². The molecule has 2 aromatic rings. The molecule has 2 rings (SSSR count). The summed E-state index contributed by atoms with van der Waals surface area (Å²) in [6.07, 6.45) is 0. The monoisotopic (exact) mass is 261 g/mol. The molecule has 19 heavy (non-hydrogen) atoms. The second-order valence-corrected chi connectivity index (χ2v) is 4.54. The molecule has 7 nitrogen and oxygen atoms in total. The largest absolute Gasteiger partial charge is 0.304 e. The Hall–Kier alpha value is -2.28. The molecule has 0 bridgehead atoms. The van der Waals surface area contributed by atoms with Gasteiger partial charge in [0.25, 0.3) is 5.69 Å². The quantitative estimate of drug-likeness (QED) is 0.616. The number of aryl methyl sites for hydroxylation is 1. The van der Waals surface area contributed by atoms with E-state index in [1.807, 2.05) is 25.9 Å². The van der Waals surface area contributed by atoms with Crippen LogP contribution < -0.4 is 0 Å². The third-order valence-corrected chi connectivity index (χ3v) is 2.73. The number of nitro groups is 1. The normalized spacial score (nSPS) is 10.9. The van der Waals surface area contributed by atoms with E-state index >= 15 is 0 Å². The van der Waals surface area contributed by atoms with Gasteiger partial charge in [0.05, 0.1) is 22.0 Å². The van der Waals surface area contributed by atoms with Gasteiger partial charge in [0.1, 0.15) is 0 Å². The number of hydrogen-bond acceptors (Lipinski definition) is 5. The third-order valence-electron chi connectivity index (χ3n) is 2.73. The molecule has 7 heteroatoms. The predicted molar refractivity (Wildman–Crippen MR) is 70.1 cm³/mol. The van der Waals surface area contributed by atoms with Crippen LogP contribution in [0.4, 0.5) is 5.69 Å². The first-order chi connectivity index (χ1) is 8.99. The molecule has 0 radical (unpaired) electrons. The second kappa shape index (κ2) is 5.15. The zero-order valence-electron chi connectivity index (χ0n) is 11.1. The Labute approximate surface area is 110 Å². The summed E-state index contributed by atoms with van der Waals surface area (Å²) in [7, 11) is 3.93. The lowest BCUT2D eigenvalue weighted by molar-refractivity contribution is -0.384. The van der Waals surface area contributed by atoms with Crippen molar-refractivity contribution >= 4 is 5.69 Å². The summed E-state index contributed by atoms with van der Waals surface area (Å²) in [6, 6.07) is 6.27. The van der Waals surface area contributed by atoms with E-state index in [-0.39, 0.29) is 5.69 Å². The molecule has 0 spiro atoms. The maximum Gasteiger partial charge on any atom is 0.269 e. The van der Waals surface area contributed by atoms with E-state index in [1.54, 1.807) is 16.8 Å². The van der Waals surface area contributed by atoms with Crippen LogP contribution in [0.2, 0.25) is 0 Å². The zero-order chi connectivity index (χ0) is 14.0. The molecule has 0 saturated carbocycles. The third kappa shape index (κ3) is 2.76. The summed E-state index contributed by atoms with van der Waals surface area (Å²) in [6.45, 7) is 2.60. The maximum absolute atomic E-state index is 10.6. The van der Waals surface area contributed by atoms with Crippen LogP contribution in [0.3, 0.4) is 0 Å². The molecular weight excluding hydrogens is 246 g/mol. The SMILES string of the molecule is Cc1nnn(-c2ccc([N+](=O)[O-])cc2)c1CN(C)C. The smallest absolute Gasteiger partial charge is 0.269 e. The highest BCUT2D eigenvalue weighted by Gasteiger charge is 2.13. The fourth-order valence-corrected chi connectivity index (χ4v) is 1.78. The Morgan fingerprint density at radius 3 is 2.47 bits per heavy atom. The van der Waals surface area contributed by atoms with Crippen LogP contribution in [-0.2, 0) is 6.54 Å². The van der Waals surface area contributed by atoms with Crippen LogP contribution in [0, 0.1) is 17.0 Å². The van der Waals surface area contributed by atoms with Gasteiger partial charge >= 0.3 is 0 Å². The first-order valence-corrected chi connectivity index (χ1v) is 5.80. The minimum atomic E-state index is -0.420. The van der Waals surface area contributed by atoms with Crippen LogP contribution in [-0.4, -0.2) is 38.9 Å². The number of rotatable bonds is 4. The molecule has 0 N–H and O–H groups in total. The Morgan fingerprint density at radius 2 is 1.95 bits per heavy atom. The van der Waals surface area contributed by atoms with E-state index in [0.717, 1.165) is 17.1 Å². The number of nitro benzene ring substituents is 1. The van der Waals surface area contributed by atoms with Crippen molar-refractivity contribution in [3.8, 4) is 5.69 Å². The van der Waals surface area contributed by atoms with Gasteiger partial charge in [-0.3, -0.25) is 10.1 Å². The van der Waals surface area contributed by atoms with Crippen LogP contribution in [0.15, 0.2) is 24.3 Å². The topological polar surface area (TPSA) is 77.1 Å². The molecule has 0 aliphatic heterocycles. The van der Waals surface area contributed by atoms with Gasteiger partial charge in [0.15, 0.2) is 0 Å². The van der Waals surface area contributed by atoms with Crippen molar-refractivity contribution < 1.29 is 4.92 Å². The highest BCUT2D eigenvalue weighted by atomic mass is 16.6. The van der Waals surface area contributed by atoms with Gasteiger partial charge in [0, 0.05) is 18.7 Å². The molecule has 0 aliphatic rings. The van der Waals surface area contributed by atoms with Crippen LogP contribution in [0.1, 0.15) is 11.4 Å². The molecule has 0 unspecified atom stereocenters. The molecule has 0 fully saturated rings. The summed E-state index contributed by atoms with van der Waals surface area (Å²) >= 11 is 0. The number of nitrogens with zero attached hydrogens (tertiary/aromatic N) is 5. The number of hydrogen-bond donors (Lipinski definition) is 0. The van der Waals surface area contributed by atoms with E-state index < -0.39 is 4.92 Å². The fraction of sp³-hybridized carbons (Fsp3) is 0.333. The Bertz CT molecular complexity index is 589. The van der Waals surface area contributed by atoms with Crippen LogP contribution >= 0.6 is 0 Å². The molecule has 0 amide bonds. The maximum atomic E-state index is 10.6. The van der Waals surface area contributed by atoms with E-state index in [0.29, 0.717) is 6.54 Å². The van der Waals surface area contributed by atoms with Gasteiger partial charge in [-0.15, -0.1) is 5.10 Å². The number of aromatic nitrogens is 3. The lowest BCUT2D eigenvalue weighted by Gasteiger charge is -2.11. The van der Waals surface area contributed by atoms with Gasteiger partial charge < -0.3 is 4.90 Å². The average Bonchev–Trinajstić information content (AvgIpc) is 2.71. The van der Waals surface area contributed by atoms with Gasteiger partial charge in [0.2, 0.25) is 0 Å².